The first-order chi connectivity index (χ1) is 8.67. The van der Waals surface area contributed by atoms with E-state index in [1.54, 1.807) is 12.1 Å². The lowest BCUT2D eigenvalue weighted by molar-refractivity contribution is -0.140. The van der Waals surface area contributed by atoms with Crippen LogP contribution in [0.25, 0.3) is 0 Å². The van der Waals surface area contributed by atoms with Gasteiger partial charge in [0.15, 0.2) is 0 Å². The van der Waals surface area contributed by atoms with Crippen molar-refractivity contribution in [2.75, 3.05) is 13.7 Å². The van der Waals surface area contributed by atoms with E-state index in [1.165, 1.54) is 7.11 Å². The molecule has 0 aliphatic rings. The van der Waals surface area contributed by atoms with Gasteiger partial charge in [-0.2, -0.15) is 0 Å². The Kier molecular flexibility index (Phi) is 6.22. The van der Waals surface area contributed by atoms with Crippen molar-refractivity contribution in [3.8, 4) is 5.75 Å². The Bertz CT molecular complexity index is 362. The summed E-state index contributed by atoms with van der Waals surface area (Å²) in [4.78, 5) is 11.0. The molecule has 0 heterocycles. The third-order valence-corrected chi connectivity index (χ3v) is 2.88. The van der Waals surface area contributed by atoms with E-state index in [1.807, 2.05) is 12.1 Å². The molecule has 18 heavy (non-hydrogen) atoms. The largest absolute Gasteiger partial charge is 0.508 e. The average molecular weight is 251 g/mol. The second kappa shape index (κ2) is 7.71. The van der Waals surface area contributed by atoms with Crippen LogP contribution in [-0.2, 0) is 9.53 Å². The van der Waals surface area contributed by atoms with Crippen LogP contribution in [0.4, 0.5) is 0 Å². The highest BCUT2D eigenvalue weighted by molar-refractivity contribution is 5.69. The van der Waals surface area contributed by atoms with Crippen LogP contribution in [-0.4, -0.2) is 24.7 Å². The molecule has 4 heteroatoms. The van der Waals surface area contributed by atoms with Crippen molar-refractivity contribution < 1.29 is 14.6 Å². The SMILES string of the molecule is CCC(NCCCC(=O)OC)c1ccc(O)cc1. The molecule has 0 bridgehead atoms. The smallest absolute Gasteiger partial charge is 0.305 e. The minimum atomic E-state index is -0.172. The van der Waals surface area contributed by atoms with E-state index in [-0.39, 0.29) is 17.8 Å². The molecule has 0 aliphatic carbocycles. The predicted octanol–water partition coefficient (Wildman–Crippen LogP) is 2.39. The number of esters is 1. The fourth-order valence-corrected chi connectivity index (χ4v) is 1.82. The van der Waals surface area contributed by atoms with E-state index in [0.717, 1.165) is 24.9 Å². The highest BCUT2D eigenvalue weighted by atomic mass is 16.5. The van der Waals surface area contributed by atoms with Gasteiger partial charge in [-0.15, -0.1) is 0 Å². The summed E-state index contributed by atoms with van der Waals surface area (Å²) in [5, 5.41) is 12.6. The molecule has 1 unspecified atom stereocenters. The van der Waals surface area contributed by atoms with Gasteiger partial charge < -0.3 is 15.2 Å². The Balaban J connectivity index is 2.38. The second-order valence-corrected chi connectivity index (χ2v) is 4.19. The first-order valence-corrected chi connectivity index (χ1v) is 6.26. The van der Waals surface area contributed by atoms with Crippen molar-refractivity contribution in [2.45, 2.75) is 32.2 Å². The standard InChI is InChI=1S/C14H21NO3/c1-3-13(11-6-8-12(16)9-7-11)15-10-4-5-14(17)18-2/h6-9,13,15-16H,3-5,10H2,1-2H3. The molecule has 1 aromatic carbocycles. The Morgan fingerprint density at radius 1 is 1.39 bits per heavy atom. The van der Waals surface area contributed by atoms with Crippen LogP contribution in [0.3, 0.4) is 0 Å². The van der Waals surface area contributed by atoms with Crippen LogP contribution in [0.2, 0.25) is 0 Å². The van der Waals surface area contributed by atoms with Gasteiger partial charge >= 0.3 is 5.97 Å². The fraction of sp³-hybridized carbons (Fsp3) is 0.500. The van der Waals surface area contributed by atoms with Crippen LogP contribution in [0.5, 0.6) is 5.75 Å². The van der Waals surface area contributed by atoms with Gasteiger partial charge in [0.25, 0.3) is 0 Å². The monoisotopic (exact) mass is 251 g/mol. The normalized spacial score (nSPS) is 12.1. The molecule has 0 saturated carbocycles. The number of carbonyl (C=O) groups excluding carboxylic acids is 1. The lowest BCUT2D eigenvalue weighted by atomic mass is 10.0. The summed E-state index contributed by atoms with van der Waals surface area (Å²) in [5.74, 6) is 0.105. The number of methoxy groups -OCH3 is 1. The van der Waals surface area contributed by atoms with Crippen molar-refractivity contribution >= 4 is 5.97 Å². The number of hydrogen-bond acceptors (Lipinski definition) is 4. The number of nitrogens with one attached hydrogen (secondary N) is 1. The Morgan fingerprint density at radius 2 is 2.06 bits per heavy atom. The molecule has 2 N–H and O–H groups in total. The maximum absolute atomic E-state index is 11.0. The van der Waals surface area contributed by atoms with Crippen LogP contribution in [0, 0.1) is 0 Å². The lowest BCUT2D eigenvalue weighted by Crippen LogP contribution is -2.22. The number of phenols is 1. The maximum atomic E-state index is 11.0. The number of ether oxygens (including phenoxy) is 1. The van der Waals surface area contributed by atoms with Crippen LogP contribution < -0.4 is 5.32 Å². The van der Waals surface area contributed by atoms with Gasteiger partial charge in [-0.25, -0.2) is 0 Å². The molecule has 0 radical (unpaired) electrons. The average Bonchev–Trinajstić information content (AvgIpc) is 2.40. The number of phenolic OH excluding ortho intramolecular Hbond substituents is 1. The number of benzene rings is 1. The summed E-state index contributed by atoms with van der Waals surface area (Å²) in [6.07, 6.45) is 2.17. The molecule has 0 spiro atoms. The number of carbonyl (C=O) groups is 1. The van der Waals surface area contributed by atoms with E-state index >= 15 is 0 Å². The fourth-order valence-electron chi connectivity index (χ4n) is 1.82. The topological polar surface area (TPSA) is 58.6 Å². The van der Waals surface area contributed by atoms with E-state index in [4.69, 9.17) is 0 Å². The van der Waals surface area contributed by atoms with Gasteiger partial charge in [0.05, 0.1) is 7.11 Å². The van der Waals surface area contributed by atoms with Crippen LogP contribution in [0.1, 0.15) is 37.8 Å². The van der Waals surface area contributed by atoms with E-state index in [2.05, 4.69) is 17.0 Å². The summed E-state index contributed by atoms with van der Waals surface area (Å²) in [6, 6.07) is 7.46. The summed E-state index contributed by atoms with van der Waals surface area (Å²) in [7, 11) is 1.40. The maximum Gasteiger partial charge on any atom is 0.305 e. The summed E-state index contributed by atoms with van der Waals surface area (Å²) in [6.45, 7) is 2.87. The van der Waals surface area contributed by atoms with Gasteiger partial charge in [-0.3, -0.25) is 4.79 Å². The van der Waals surface area contributed by atoms with E-state index in [0.29, 0.717) is 6.42 Å². The molecule has 0 saturated heterocycles. The molecule has 1 atom stereocenters. The van der Waals surface area contributed by atoms with Gasteiger partial charge in [0.2, 0.25) is 0 Å². The predicted molar refractivity (Wildman–Crippen MR) is 70.4 cm³/mol. The second-order valence-electron chi connectivity index (χ2n) is 4.19. The summed E-state index contributed by atoms with van der Waals surface area (Å²) in [5.41, 5.74) is 1.15. The van der Waals surface area contributed by atoms with Crippen molar-refractivity contribution in [3.63, 3.8) is 0 Å². The van der Waals surface area contributed by atoms with Crippen molar-refractivity contribution in [1.82, 2.24) is 5.32 Å². The van der Waals surface area contributed by atoms with E-state index in [9.17, 15) is 9.90 Å². The molecular weight excluding hydrogens is 230 g/mol. The Labute approximate surface area is 108 Å². The molecule has 1 aromatic rings. The lowest BCUT2D eigenvalue weighted by Gasteiger charge is -2.17. The quantitative estimate of drug-likeness (QED) is 0.577. The Hall–Kier alpha value is -1.55. The number of aromatic hydroxyl groups is 1. The summed E-state index contributed by atoms with van der Waals surface area (Å²) >= 11 is 0. The van der Waals surface area contributed by atoms with E-state index < -0.39 is 0 Å². The third-order valence-electron chi connectivity index (χ3n) is 2.88. The molecule has 4 nitrogen and oxygen atoms in total. The first-order valence-electron chi connectivity index (χ1n) is 6.26. The van der Waals surface area contributed by atoms with Gasteiger partial charge in [0.1, 0.15) is 5.75 Å². The molecule has 0 aromatic heterocycles. The molecule has 1 rings (SSSR count). The molecule has 0 aliphatic heterocycles. The molecule has 100 valence electrons. The highest BCUT2D eigenvalue weighted by Crippen LogP contribution is 2.19. The zero-order chi connectivity index (χ0) is 13.4. The first kappa shape index (κ1) is 14.5. The number of hydrogen-bond donors (Lipinski definition) is 2. The number of rotatable bonds is 7. The zero-order valence-corrected chi connectivity index (χ0v) is 11.0. The van der Waals surface area contributed by atoms with Crippen molar-refractivity contribution in [1.29, 1.82) is 0 Å². The molecule has 0 amide bonds. The molecule has 0 fully saturated rings. The third kappa shape index (κ3) is 4.75. The molecular formula is C14H21NO3. The van der Waals surface area contributed by atoms with Crippen molar-refractivity contribution in [2.24, 2.45) is 0 Å². The van der Waals surface area contributed by atoms with Gasteiger partial charge in [-0.1, -0.05) is 19.1 Å². The van der Waals surface area contributed by atoms with Crippen LogP contribution in [0.15, 0.2) is 24.3 Å². The summed E-state index contributed by atoms with van der Waals surface area (Å²) < 4.78 is 4.59. The van der Waals surface area contributed by atoms with Crippen molar-refractivity contribution in [3.05, 3.63) is 29.8 Å². The van der Waals surface area contributed by atoms with Gasteiger partial charge in [0, 0.05) is 12.5 Å². The Morgan fingerprint density at radius 3 is 2.61 bits per heavy atom. The minimum Gasteiger partial charge on any atom is -0.508 e. The van der Waals surface area contributed by atoms with Gasteiger partial charge in [-0.05, 0) is 37.1 Å². The van der Waals surface area contributed by atoms with Crippen LogP contribution >= 0.6 is 0 Å². The highest BCUT2D eigenvalue weighted by Gasteiger charge is 2.08. The zero-order valence-electron chi connectivity index (χ0n) is 11.0. The minimum absolute atomic E-state index is 0.172.